The summed E-state index contributed by atoms with van der Waals surface area (Å²) in [5, 5.41) is 4.68. The molecule has 0 unspecified atom stereocenters. The van der Waals surface area contributed by atoms with Crippen molar-refractivity contribution in [2.75, 3.05) is 45.4 Å². The molecule has 0 amide bonds. The molecule has 1 fully saturated rings. The molecule has 0 aliphatic carbocycles. The number of hydrogen-bond acceptors (Lipinski definition) is 7. The molecular weight excluding hydrogens is 482 g/mol. The van der Waals surface area contributed by atoms with Crippen LogP contribution in [0.4, 0.5) is 5.00 Å². The zero-order valence-corrected chi connectivity index (χ0v) is 21.1. The van der Waals surface area contributed by atoms with E-state index in [1.165, 1.54) is 18.2 Å². The Labute approximate surface area is 214 Å². The molecule has 182 valence electrons. The number of ether oxygens (including phenoxy) is 3. The highest BCUT2D eigenvalue weighted by Gasteiger charge is 2.23. The largest absolute Gasteiger partial charge is 0.465 e. The van der Waals surface area contributed by atoms with Gasteiger partial charge in [-0.25, -0.2) is 4.79 Å². The highest BCUT2D eigenvalue weighted by Crippen LogP contribution is 2.33. The number of thiocarbonyl (C=S) groups is 1. The Morgan fingerprint density at radius 3 is 2.57 bits per heavy atom. The number of carbonyl (C=O) groups excluding carboxylic acids is 1. The van der Waals surface area contributed by atoms with Crippen molar-refractivity contribution in [2.24, 2.45) is 0 Å². The van der Waals surface area contributed by atoms with Crippen LogP contribution in [0.15, 0.2) is 54.6 Å². The predicted molar refractivity (Wildman–Crippen MR) is 141 cm³/mol. The fourth-order valence-corrected chi connectivity index (χ4v) is 5.69. The summed E-state index contributed by atoms with van der Waals surface area (Å²) in [7, 11) is 1.40. The van der Waals surface area contributed by atoms with Gasteiger partial charge in [-0.2, -0.15) is 0 Å². The summed E-state index contributed by atoms with van der Waals surface area (Å²) in [6.45, 7) is 4.55. The van der Waals surface area contributed by atoms with Gasteiger partial charge in [0.05, 0.1) is 12.7 Å². The minimum atomic E-state index is -0.362. The maximum Gasteiger partial charge on any atom is 0.340 e. The Balaban J connectivity index is 1.19. The second-order valence-corrected chi connectivity index (χ2v) is 10.0. The number of methoxy groups -OCH3 is 1. The zero-order valence-electron chi connectivity index (χ0n) is 19.5. The number of piperazine rings is 1. The fourth-order valence-electron chi connectivity index (χ4n) is 4.26. The fraction of sp³-hybridized carbons (Fsp3) is 0.308. The minimum absolute atomic E-state index is 0.289. The highest BCUT2D eigenvalue weighted by molar-refractivity contribution is 7.80. The number of carbonyl (C=O) groups is 1. The third-order valence-corrected chi connectivity index (χ3v) is 7.54. The van der Waals surface area contributed by atoms with Crippen molar-refractivity contribution in [1.29, 1.82) is 0 Å². The van der Waals surface area contributed by atoms with Gasteiger partial charge in [0, 0.05) is 44.0 Å². The smallest absolute Gasteiger partial charge is 0.340 e. The normalized spacial score (nSPS) is 15.2. The van der Waals surface area contributed by atoms with Crippen molar-refractivity contribution in [2.45, 2.75) is 13.0 Å². The molecule has 3 heterocycles. The van der Waals surface area contributed by atoms with E-state index in [-0.39, 0.29) is 12.8 Å². The number of benzene rings is 2. The quantitative estimate of drug-likeness (QED) is 0.388. The second-order valence-electron chi connectivity index (χ2n) is 8.49. The van der Waals surface area contributed by atoms with Gasteiger partial charge in [-0.1, -0.05) is 36.4 Å². The first-order valence-corrected chi connectivity index (χ1v) is 12.7. The molecule has 2 aliphatic heterocycles. The molecular formula is C26H27N3O4S2. The molecule has 0 radical (unpaired) electrons. The maximum atomic E-state index is 12.4. The molecule has 3 aromatic rings. The van der Waals surface area contributed by atoms with E-state index in [2.05, 4.69) is 39.4 Å². The molecule has 7 nitrogen and oxygen atoms in total. The lowest BCUT2D eigenvalue weighted by Gasteiger charge is -2.36. The van der Waals surface area contributed by atoms with Crippen LogP contribution in [0, 0.1) is 0 Å². The third kappa shape index (κ3) is 5.58. The van der Waals surface area contributed by atoms with E-state index in [1.807, 2.05) is 30.3 Å². The Bertz CT molecular complexity index is 1210. The summed E-state index contributed by atoms with van der Waals surface area (Å²) in [4.78, 5) is 18.0. The summed E-state index contributed by atoms with van der Waals surface area (Å²) < 4.78 is 15.9. The first-order chi connectivity index (χ1) is 17.1. The van der Waals surface area contributed by atoms with E-state index < -0.39 is 0 Å². The maximum absolute atomic E-state index is 12.4. The molecule has 35 heavy (non-hydrogen) atoms. The van der Waals surface area contributed by atoms with Gasteiger partial charge in [0.2, 0.25) is 6.79 Å². The summed E-state index contributed by atoms with van der Waals surface area (Å²) in [6, 6.07) is 18.2. The van der Waals surface area contributed by atoms with E-state index >= 15 is 0 Å². The van der Waals surface area contributed by atoms with Gasteiger partial charge in [-0.3, -0.25) is 4.90 Å². The van der Waals surface area contributed by atoms with E-state index in [4.69, 9.17) is 26.4 Å². The van der Waals surface area contributed by atoms with Crippen LogP contribution in [0.3, 0.4) is 0 Å². The van der Waals surface area contributed by atoms with Gasteiger partial charge in [0.1, 0.15) is 5.00 Å². The van der Waals surface area contributed by atoms with Gasteiger partial charge < -0.3 is 24.4 Å². The molecule has 9 heteroatoms. The average Bonchev–Trinajstić information content (AvgIpc) is 3.51. The zero-order chi connectivity index (χ0) is 24.2. The number of nitrogens with one attached hydrogen (secondary N) is 1. The van der Waals surface area contributed by atoms with E-state index in [9.17, 15) is 4.79 Å². The van der Waals surface area contributed by atoms with Crippen LogP contribution >= 0.6 is 23.6 Å². The second kappa shape index (κ2) is 10.6. The van der Waals surface area contributed by atoms with Crippen molar-refractivity contribution < 1.29 is 19.0 Å². The SMILES string of the molecule is COC(=O)c1cc(Cc2ccccc2)sc1NC(=S)N1CCN(Cc2ccc3c(c2)OCO3)CC1. The number of nitrogens with zero attached hydrogens (tertiary/aromatic N) is 2. The first-order valence-electron chi connectivity index (χ1n) is 11.5. The first kappa shape index (κ1) is 23.6. The molecule has 1 N–H and O–H groups in total. The lowest BCUT2D eigenvalue weighted by molar-refractivity contribution is 0.0602. The van der Waals surface area contributed by atoms with Crippen molar-refractivity contribution in [3.63, 3.8) is 0 Å². The third-order valence-electron chi connectivity index (χ3n) is 6.13. The van der Waals surface area contributed by atoms with Crippen molar-refractivity contribution in [3.05, 3.63) is 76.2 Å². The van der Waals surface area contributed by atoms with Crippen LogP contribution in [0.25, 0.3) is 0 Å². The van der Waals surface area contributed by atoms with Crippen molar-refractivity contribution >= 4 is 39.6 Å². The molecule has 5 rings (SSSR count). The van der Waals surface area contributed by atoms with Crippen molar-refractivity contribution in [1.82, 2.24) is 9.80 Å². The van der Waals surface area contributed by atoms with Crippen LogP contribution < -0.4 is 14.8 Å². The minimum Gasteiger partial charge on any atom is -0.465 e. The highest BCUT2D eigenvalue weighted by atomic mass is 32.1. The van der Waals surface area contributed by atoms with Crippen LogP contribution in [0.2, 0.25) is 0 Å². The van der Waals surface area contributed by atoms with Gasteiger partial charge >= 0.3 is 5.97 Å². The lowest BCUT2D eigenvalue weighted by Crippen LogP contribution is -2.49. The molecule has 2 aliphatic rings. The molecule has 0 bridgehead atoms. The number of anilines is 1. The van der Waals surface area contributed by atoms with E-state index in [0.29, 0.717) is 10.7 Å². The van der Waals surface area contributed by atoms with Gasteiger partial charge in [0.25, 0.3) is 0 Å². The molecule has 0 spiro atoms. The van der Waals surface area contributed by atoms with E-state index in [1.54, 1.807) is 11.3 Å². The number of esters is 1. The Morgan fingerprint density at radius 1 is 1.03 bits per heavy atom. The van der Waals surface area contributed by atoms with Crippen LogP contribution in [0.1, 0.15) is 26.4 Å². The van der Waals surface area contributed by atoms with E-state index in [0.717, 1.165) is 60.5 Å². The van der Waals surface area contributed by atoms with Crippen LogP contribution in [-0.4, -0.2) is 61.0 Å². The summed E-state index contributed by atoms with van der Waals surface area (Å²) in [5.74, 6) is 1.26. The van der Waals surface area contributed by atoms with Gasteiger partial charge in [-0.15, -0.1) is 11.3 Å². The Morgan fingerprint density at radius 2 is 1.80 bits per heavy atom. The number of rotatable bonds is 6. The molecule has 0 saturated carbocycles. The number of fused-ring (bicyclic) bond motifs is 1. The van der Waals surface area contributed by atoms with Crippen LogP contribution in [0.5, 0.6) is 11.5 Å². The van der Waals surface area contributed by atoms with Gasteiger partial charge in [0.15, 0.2) is 16.6 Å². The lowest BCUT2D eigenvalue weighted by atomic mass is 10.1. The summed E-state index contributed by atoms with van der Waals surface area (Å²) in [6.07, 6.45) is 0.752. The molecule has 1 saturated heterocycles. The molecule has 1 aromatic heterocycles. The average molecular weight is 510 g/mol. The topological polar surface area (TPSA) is 63.3 Å². The summed E-state index contributed by atoms with van der Waals surface area (Å²) >= 11 is 7.26. The Hall–Kier alpha value is -3.14. The number of thiophene rings is 1. The number of hydrogen-bond donors (Lipinski definition) is 1. The van der Waals surface area contributed by atoms with Crippen molar-refractivity contribution in [3.8, 4) is 11.5 Å². The summed E-state index contributed by atoms with van der Waals surface area (Å²) in [5.41, 5.74) is 2.92. The van der Waals surface area contributed by atoms with Gasteiger partial charge in [-0.05, 0) is 41.5 Å². The monoisotopic (exact) mass is 509 g/mol. The predicted octanol–water partition coefficient (Wildman–Crippen LogP) is 4.37. The molecule has 0 atom stereocenters. The Kier molecular flexibility index (Phi) is 7.17. The standard InChI is InChI=1S/C26H27N3O4S2/c1-31-25(30)21-15-20(13-18-5-3-2-4-6-18)35-24(21)27-26(34)29-11-9-28(10-12-29)16-19-7-8-22-23(14-19)33-17-32-22/h2-8,14-15H,9-13,16-17H2,1H3,(H,27,34). The van der Waals surface area contributed by atoms with Crippen LogP contribution in [-0.2, 0) is 17.7 Å². The molecule has 2 aromatic carbocycles.